The fourth-order valence-electron chi connectivity index (χ4n) is 1.65. The van der Waals surface area contributed by atoms with Crippen LogP contribution < -0.4 is 5.73 Å². The second-order valence-corrected chi connectivity index (χ2v) is 5.72. The Morgan fingerprint density at radius 1 is 1.65 bits per heavy atom. The highest BCUT2D eigenvalue weighted by molar-refractivity contribution is 7.51. The van der Waals surface area contributed by atoms with Crippen molar-refractivity contribution in [3.8, 4) is 0 Å². The lowest BCUT2D eigenvalue weighted by Gasteiger charge is -2.15. The van der Waals surface area contributed by atoms with Gasteiger partial charge in [0, 0.05) is 6.42 Å². The summed E-state index contributed by atoms with van der Waals surface area (Å²) in [5, 5.41) is 13.5. The van der Waals surface area contributed by atoms with Gasteiger partial charge in [-0.05, 0) is 0 Å². The standard InChI is InChI=1S/C8H13N4O7P/c9-6(14)7-10-2-12(11-7)8-4(13)1-5(19-8)18-3-20(15,16)17/h2,4-5,8,13H,1,3H2,(H2,9,14)(H2,15,16,17)/t4-,5+,8-/m1/s1. The topological polar surface area (TPSA) is 170 Å². The number of amides is 1. The molecule has 0 aromatic carbocycles. The van der Waals surface area contributed by atoms with Gasteiger partial charge in [-0.25, -0.2) is 9.67 Å². The zero-order valence-electron chi connectivity index (χ0n) is 10.1. The van der Waals surface area contributed by atoms with Crippen LogP contribution in [0.15, 0.2) is 6.33 Å². The van der Waals surface area contributed by atoms with Gasteiger partial charge in [-0.15, -0.1) is 5.10 Å². The lowest BCUT2D eigenvalue weighted by molar-refractivity contribution is -0.149. The highest BCUT2D eigenvalue weighted by atomic mass is 31.2. The van der Waals surface area contributed by atoms with Crippen LogP contribution in [-0.2, 0) is 14.0 Å². The third-order valence-corrected chi connectivity index (χ3v) is 2.96. The molecule has 1 aromatic heterocycles. The SMILES string of the molecule is NC(=O)c1ncn([C@@H]2O[C@H](OCP(=O)(O)O)C[C@H]2O)n1. The van der Waals surface area contributed by atoms with Gasteiger partial charge < -0.3 is 30.1 Å². The number of carbonyl (C=O) groups excluding carboxylic acids is 1. The van der Waals surface area contributed by atoms with E-state index < -0.39 is 38.5 Å². The van der Waals surface area contributed by atoms with E-state index in [2.05, 4.69) is 10.1 Å². The molecule has 0 saturated carbocycles. The largest absolute Gasteiger partial charge is 0.388 e. The Morgan fingerprint density at radius 3 is 2.90 bits per heavy atom. The molecular formula is C8H13N4O7P. The molecule has 1 fully saturated rings. The smallest absolute Gasteiger partial charge is 0.351 e. The van der Waals surface area contributed by atoms with E-state index >= 15 is 0 Å². The molecule has 12 heteroatoms. The minimum absolute atomic E-state index is 0.00354. The van der Waals surface area contributed by atoms with Crippen molar-refractivity contribution in [3.63, 3.8) is 0 Å². The molecule has 2 heterocycles. The highest BCUT2D eigenvalue weighted by Gasteiger charge is 2.37. The molecule has 2 rings (SSSR count). The monoisotopic (exact) mass is 308 g/mol. The first-order valence-electron chi connectivity index (χ1n) is 5.47. The van der Waals surface area contributed by atoms with Crippen LogP contribution in [0.2, 0.25) is 0 Å². The van der Waals surface area contributed by atoms with Crippen molar-refractivity contribution in [3.05, 3.63) is 12.2 Å². The average Bonchev–Trinajstić information content (AvgIpc) is 2.91. The van der Waals surface area contributed by atoms with Crippen LogP contribution >= 0.6 is 7.60 Å². The first kappa shape index (κ1) is 15.0. The second-order valence-electron chi connectivity index (χ2n) is 4.13. The predicted octanol–water partition coefficient (Wildman–Crippen LogP) is -1.87. The minimum Gasteiger partial charge on any atom is -0.388 e. The lowest BCUT2D eigenvalue weighted by Crippen LogP contribution is -2.21. The zero-order valence-corrected chi connectivity index (χ0v) is 11.0. The quantitative estimate of drug-likeness (QED) is 0.455. The van der Waals surface area contributed by atoms with E-state index in [-0.39, 0.29) is 12.2 Å². The molecule has 1 aliphatic heterocycles. The Labute approximate surface area is 112 Å². The fourth-order valence-corrected chi connectivity index (χ4v) is 2.01. The van der Waals surface area contributed by atoms with Crippen LogP contribution in [-0.4, -0.2) is 54.3 Å². The predicted molar refractivity (Wildman–Crippen MR) is 61.1 cm³/mol. The molecule has 1 saturated heterocycles. The van der Waals surface area contributed by atoms with Crippen LogP contribution in [0, 0.1) is 0 Å². The first-order chi connectivity index (χ1) is 9.26. The molecule has 1 aromatic rings. The second kappa shape index (κ2) is 5.56. The molecule has 0 unspecified atom stereocenters. The summed E-state index contributed by atoms with van der Waals surface area (Å²) in [7, 11) is -4.32. The number of aromatic nitrogens is 3. The molecule has 5 N–H and O–H groups in total. The number of hydrogen-bond donors (Lipinski definition) is 4. The van der Waals surface area contributed by atoms with E-state index in [4.69, 9.17) is 25.0 Å². The van der Waals surface area contributed by atoms with E-state index in [1.54, 1.807) is 0 Å². The van der Waals surface area contributed by atoms with Crippen LogP contribution in [0.4, 0.5) is 0 Å². The summed E-state index contributed by atoms with van der Waals surface area (Å²) in [4.78, 5) is 31.8. The molecule has 0 radical (unpaired) electrons. The molecule has 1 aliphatic rings. The third-order valence-electron chi connectivity index (χ3n) is 2.47. The Balaban J connectivity index is 1.99. The summed E-state index contributed by atoms with van der Waals surface area (Å²) < 4.78 is 21.8. The summed E-state index contributed by atoms with van der Waals surface area (Å²) in [6, 6.07) is 0. The maximum atomic E-state index is 10.9. The molecule has 112 valence electrons. The van der Waals surface area contributed by atoms with Gasteiger partial charge in [0.15, 0.2) is 18.9 Å². The van der Waals surface area contributed by atoms with Crippen molar-refractivity contribution >= 4 is 13.5 Å². The number of aliphatic hydroxyl groups is 1. The Hall–Kier alpha value is -1.36. The summed E-state index contributed by atoms with van der Waals surface area (Å²) in [5.74, 6) is -1.06. The third kappa shape index (κ3) is 3.60. The van der Waals surface area contributed by atoms with Gasteiger partial charge in [0.05, 0.1) is 0 Å². The number of rotatable bonds is 5. The zero-order chi connectivity index (χ0) is 14.9. The summed E-state index contributed by atoms with van der Waals surface area (Å²) >= 11 is 0. The summed E-state index contributed by atoms with van der Waals surface area (Å²) in [6.07, 6.45) is -2.67. The highest BCUT2D eigenvalue weighted by Crippen LogP contribution is 2.37. The molecular weight excluding hydrogens is 295 g/mol. The lowest BCUT2D eigenvalue weighted by atomic mass is 10.3. The minimum atomic E-state index is -4.32. The van der Waals surface area contributed by atoms with Gasteiger partial charge in [-0.1, -0.05) is 0 Å². The van der Waals surface area contributed by atoms with E-state index in [1.165, 1.54) is 0 Å². The van der Waals surface area contributed by atoms with Gasteiger partial charge in [-0.2, -0.15) is 0 Å². The van der Waals surface area contributed by atoms with E-state index in [0.29, 0.717) is 0 Å². The number of primary amides is 1. The summed E-state index contributed by atoms with van der Waals surface area (Å²) in [5.41, 5.74) is 4.99. The van der Waals surface area contributed by atoms with Gasteiger partial charge in [0.1, 0.15) is 12.4 Å². The van der Waals surface area contributed by atoms with Crippen molar-refractivity contribution in [2.75, 3.05) is 6.35 Å². The molecule has 11 nitrogen and oxygen atoms in total. The number of aliphatic hydroxyl groups excluding tert-OH is 1. The van der Waals surface area contributed by atoms with Gasteiger partial charge in [0.2, 0.25) is 5.82 Å². The maximum absolute atomic E-state index is 10.9. The van der Waals surface area contributed by atoms with Crippen LogP contribution in [0.3, 0.4) is 0 Å². The number of nitrogens with two attached hydrogens (primary N) is 1. The molecule has 0 spiro atoms. The summed E-state index contributed by atoms with van der Waals surface area (Å²) in [6.45, 7) is 0. The van der Waals surface area contributed by atoms with Crippen molar-refractivity contribution in [1.82, 2.24) is 14.8 Å². The van der Waals surface area contributed by atoms with Gasteiger partial charge in [0.25, 0.3) is 5.91 Å². The van der Waals surface area contributed by atoms with Crippen molar-refractivity contribution < 1.29 is 33.7 Å². The van der Waals surface area contributed by atoms with Crippen molar-refractivity contribution in [1.29, 1.82) is 0 Å². The van der Waals surface area contributed by atoms with Crippen LogP contribution in [0.25, 0.3) is 0 Å². The fraction of sp³-hybridized carbons (Fsp3) is 0.625. The number of nitrogens with zero attached hydrogens (tertiary/aromatic N) is 3. The van der Waals surface area contributed by atoms with Crippen LogP contribution in [0.1, 0.15) is 23.3 Å². The molecule has 3 atom stereocenters. The van der Waals surface area contributed by atoms with Gasteiger partial charge >= 0.3 is 7.60 Å². The van der Waals surface area contributed by atoms with E-state index in [0.717, 1.165) is 11.0 Å². The number of ether oxygens (including phenoxy) is 2. The van der Waals surface area contributed by atoms with Crippen molar-refractivity contribution in [2.45, 2.75) is 25.0 Å². The van der Waals surface area contributed by atoms with Crippen LogP contribution in [0.5, 0.6) is 0 Å². The van der Waals surface area contributed by atoms with E-state index in [9.17, 15) is 14.5 Å². The van der Waals surface area contributed by atoms with Gasteiger partial charge in [-0.3, -0.25) is 9.36 Å². The van der Waals surface area contributed by atoms with E-state index in [1.807, 2.05) is 0 Å². The number of carbonyl (C=O) groups is 1. The molecule has 1 amide bonds. The average molecular weight is 308 g/mol. The molecule has 20 heavy (non-hydrogen) atoms. The normalized spacial score (nSPS) is 26.9. The Kier molecular flexibility index (Phi) is 4.18. The molecule has 0 bridgehead atoms. The molecule has 0 aliphatic carbocycles. The first-order valence-corrected chi connectivity index (χ1v) is 7.26. The number of hydrogen-bond acceptors (Lipinski definition) is 7. The Morgan fingerprint density at radius 2 is 2.35 bits per heavy atom. The Bertz CT molecular complexity index is 543. The maximum Gasteiger partial charge on any atom is 0.351 e. The van der Waals surface area contributed by atoms with Crippen molar-refractivity contribution in [2.24, 2.45) is 5.73 Å².